The highest BCUT2D eigenvalue weighted by molar-refractivity contribution is 7.12. The van der Waals surface area contributed by atoms with Gasteiger partial charge in [-0.1, -0.05) is 25.3 Å². The van der Waals surface area contributed by atoms with Gasteiger partial charge in [0.25, 0.3) is 5.91 Å². The van der Waals surface area contributed by atoms with Crippen LogP contribution >= 0.6 is 11.3 Å². The molecule has 4 amide bonds. The van der Waals surface area contributed by atoms with Gasteiger partial charge in [0.2, 0.25) is 17.7 Å². The van der Waals surface area contributed by atoms with Crippen molar-refractivity contribution in [3.05, 3.63) is 22.4 Å². The molecule has 0 bridgehead atoms. The molecule has 1 aliphatic carbocycles. The van der Waals surface area contributed by atoms with E-state index < -0.39 is 12.1 Å². The number of nitrogens with one attached hydrogen (secondary N) is 2. The molecular weight excluding hydrogens is 416 g/mol. The lowest BCUT2D eigenvalue weighted by molar-refractivity contribution is -0.142. The summed E-state index contributed by atoms with van der Waals surface area (Å²) < 4.78 is 0. The van der Waals surface area contributed by atoms with Crippen LogP contribution in [0.1, 0.15) is 54.6 Å². The maximum atomic E-state index is 13.2. The van der Waals surface area contributed by atoms with E-state index in [0.29, 0.717) is 30.9 Å². The van der Waals surface area contributed by atoms with Gasteiger partial charge in [0.05, 0.1) is 11.4 Å². The first-order chi connectivity index (χ1) is 15.0. The van der Waals surface area contributed by atoms with Gasteiger partial charge in [-0.15, -0.1) is 11.3 Å². The predicted molar refractivity (Wildman–Crippen MR) is 116 cm³/mol. The number of thiophene rings is 1. The summed E-state index contributed by atoms with van der Waals surface area (Å²) in [7, 11) is 0. The number of rotatable bonds is 4. The van der Waals surface area contributed by atoms with E-state index in [1.165, 1.54) is 17.8 Å². The summed E-state index contributed by atoms with van der Waals surface area (Å²) in [5, 5.41) is 7.43. The van der Waals surface area contributed by atoms with Crippen LogP contribution in [0.15, 0.2) is 17.5 Å². The predicted octanol–water partition coefficient (Wildman–Crippen LogP) is 1.38. The van der Waals surface area contributed by atoms with E-state index in [0.717, 1.165) is 32.1 Å². The van der Waals surface area contributed by atoms with Crippen LogP contribution in [0.5, 0.6) is 0 Å². The summed E-state index contributed by atoms with van der Waals surface area (Å²) in [6.45, 7) is 1.53. The van der Waals surface area contributed by atoms with E-state index >= 15 is 0 Å². The summed E-state index contributed by atoms with van der Waals surface area (Å²) in [5.74, 6) is -0.653. The molecule has 2 N–H and O–H groups in total. The van der Waals surface area contributed by atoms with Crippen molar-refractivity contribution in [2.45, 2.75) is 57.0 Å². The second-order valence-corrected chi connectivity index (χ2v) is 9.55. The molecule has 1 aromatic rings. The maximum Gasteiger partial charge on any atom is 0.264 e. The topological polar surface area (TPSA) is 98.8 Å². The second kappa shape index (κ2) is 9.80. The zero-order valence-electron chi connectivity index (χ0n) is 17.7. The molecule has 1 saturated carbocycles. The Labute approximate surface area is 186 Å². The van der Waals surface area contributed by atoms with E-state index in [1.807, 2.05) is 11.4 Å². The lowest BCUT2D eigenvalue weighted by Crippen LogP contribution is -2.64. The average molecular weight is 447 g/mol. The summed E-state index contributed by atoms with van der Waals surface area (Å²) in [5.41, 5.74) is 0. The molecule has 3 heterocycles. The van der Waals surface area contributed by atoms with E-state index in [2.05, 4.69) is 10.6 Å². The summed E-state index contributed by atoms with van der Waals surface area (Å²) >= 11 is 1.34. The van der Waals surface area contributed by atoms with E-state index in [9.17, 15) is 19.2 Å². The second-order valence-electron chi connectivity index (χ2n) is 8.61. The molecular formula is C22H30N4O4S. The molecule has 2 atom stereocenters. The first kappa shape index (κ1) is 21.8. The Morgan fingerprint density at radius 1 is 1.06 bits per heavy atom. The van der Waals surface area contributed by atoms with Crippen molar-refractivity contribution < 1.29 is 19.2 Å². The minimum Gasteiger partial charge on any atom is -0.354 e. The standard InChI is InChI=1S/C22H30N4O4S/c27-19-16(8-4-10-23-19)24-20(28)17-14-25(21(29)15-6-2-1-3-7-15)11-12-26(17)22(30)18-9-5-13-31-18/h5,9,13,15-17H,1-4,6-8,10-12,14H2,(H,23,27)(H,24,28)/t16-,17+/m0/s1. The number of carbonyl (C=O) groups excluding carboxylic acids is 4. The van der Waals surface area contributed by atoms with Crippen LogP contribution in [-0.4, -0.2) is 71.7 Å². The van der Waals surface area contributed by atoms with Gasteiger partial charge in [-0.2, -0.15) is 0 Å². The maximum absolute atomic E-state index is 13.2. The summed E-state index contributed by atoms with van der Waals surface area (Å²) in [6, 6.07) is 2.16. The highest BCUT2D eigenvalue weighted by Gasteiger charge is 2.40. The van der Waals surface area contributed by atoms with Gasteiger partial charge in [0.1, 0.15) is 12.1 Å². The summed E-state index contributed by atoms with van der Waals surface area (Å²) in [4.78, 5) is 55.4. The lowest BCUT2D eigenvalue weighted by Gasteiger charge is -2.42. The molecule has 0 aromatic carbocycles. The number of piperidine rings is 1. The number of amides is 4. The molecule has 4 rings (SSSR count). The Kier molecular flexibility index (Phi) is 6.89. The third-order valence-electron chi connectivity index (χ3n) is 6.54. The quantitative estimate of drug-likeness (QED) is 0.730. The Morgan fingerprint density at radius 2 is 1.87 bits per heavy atom. The minimum absolute atomic E-state index is 0.0149. The fourth-order valence-corrected chi connectivity index (χ4v) is 5.46. The van der Waals surface area contributed by atoms with Crippen molar-refractivity contribution in [2.24, 2.45) is 5.92 Å². The first-order valence-corrected chi connectivity index (χ1v) is 12.1. The Bertz CT molecular complexity index is 821. The summed E-state index contributed by atoms with van der Waals surface area (Å²) in [6.07, 6.45) is 6.46. The molecule has 9 heteroatoms. The molecule has 8 nitrogen and oxygen atoms in total. The number of carbonyl (C=O) groups is 4. The van der Waals surface area contributed by atoms with Crippen LogP contribution in [0.2, 0.25) is 0 Å². The van der Waals surface area contributed by atoms with Gasteiger partial charge in [0.15, 0.2) is 0 Å². The largest absolute Gasteiger partial charge is 0.354 e. The Hall–Kier alpha value is -2.42. The zero-order valence-corrected chi connectivity index (χ0v) is 18.5. The van der Waals surface area contributed by atoms with Crippen molar-refractivity contribution in [3.63, 3.8) is 0 Å². The van der Waals surface area contributed by atoms with E-state index in [4.69, 9.17) is 0 Å². The van der Waals surface area contributed by atoms with Crippen LogP contribution in [0, 0.1) is 5.92 Å². The zero-order chi connectivity index (χ0) is 21.8. The molecule has 2 saturated heterocycles. The lowest BCUT2D eigenvalue weighted by atomic mass is 9.88. The van der Waals surface area contributed by atoms with Gasteiger partial charge < -0.3 is 20.4 Å². The van der Waals surface area contributed by atoms with Crippen LogP contribution in [0.3, 0.4) is 0 Å². The smallest absolute Gasteiger partial charge is 0.264 e. The van der Waals surface area contributed by atoms with Gasteiger partial charge >= 0.3 is 0 Å². The Balaban J connectivity index is 1.50. The molecule has 2 aliphatic heterocycles. The van der Waals surface area contributed by atoms with Crippen LogP contribution in [0.4, 0.5) is 0 Å². The third kappa shape index (κ3) is 4.92. The van der Waals surface area contributed by atoms with Gasteiger partial charge in [-0.05, 0) is 37.1 Å². The van der Waals surface area contributed by atoms with E-state index in [-0.39, 0.29) is 36.1 Å². The highest BCUT2D eigenvalue weighted by atomic mass is 32.1. The molecule has 0 unspecified atom stereocenters. The minimum atomic E-state index is -0.800. The fourth-order valence-electron chi connectivity index (χ4n) is 4.78. The molecule has 0 spiro atoms. The van der Waals surface area contributed by atoms with Crippen molar-refractivity contribution in [3.8, 4) is 0 Å². The highest BCUT2D eigenvalue weighted by Crippen LogP contribution is 2.27. The normalized spacial score (nSPS) is 25.1. The fraction of sp³-hybridized carbons (Fsp3) is 0.636. The number of nitrogens with zero attached hydrogens (tertiary/aromatic N) is 2. The Morgan fingerprint density at radius 3 is 2.58 bits per heavy atom. The first-order valence-electron chi connectivity index (χ1n) is 11.3. The van der Waals surface area contributed by atoms with Crippen LogP contribution < -0.4 is 10.6 Å². The third-order valence-corrected chi connectivity index (χ3v) is 7.40. The van der Waals surface area contributed by atoms with Crippen molar-refractivity contribution in [1.29, 1.82) is 0 Å². The van der Waals surface area contributed by atoms with Gasteiger partial charge in [0, 0.05) is 25.6 Å². The van der Waals surface area contributed by atoms with Crippen LogP contribution in [0.25, 0.3) is 0 Å². The van der Waals surface area contributed by atoms with Crippen molar-refractivity contribution >= 4 is 35.0 Å². The van der Waals surface area contributed by atoms with Gasteiger partial charge in [-0.3, -0.25) is 19.2 Å². The number of piperazine rings is 1. The average Bonchev–Trinajstić information content (AvgIpc) is 3.35. The number of hydrogen-bond donors (Lipinski definition) is 2. The molecule has 0 radical (unpaired) electrons. The molecule has 1 aromatic heterocycles. The van der Waals surface area contributed by atoms with Crippen molar-refractivity contribution in [1.82, 2.24) is 20.4 Å². The SMILES string of the molecule is O=C1NCCC[C@@H]1NC(=O)[C@H]1CN(C(=O)C2CCCCC2)CCN1C(=O)c1cccs1. The van der Waals surface area contributed by atoms with Crippen LogP contribution in [-0.2, 0) is 14.4 Å². The molecule has 3 fully saturated rings. The van der Waals surface area contributed by atoms with Crippen molar-refractivity contribution in [2.75, 3.05) is 26.2 Å². The molecule has 168 valence electrons. The number of hydrogen-bond acceptors (Lipinski definition) is 5. The monoisotopic (exact) mass is 446 g/mol. The molecule has 3 aliphatic rings. The molecule has 31 heavy (non-hydrogen) atoms. The van der Waals surface area contributed by atoms with E-state index in [1.54, 1.807) is 15.9 Å². The van der Waals surface area contributed by atoms with Gasteiger partial charge in [-0.25, -0.2) is 0 Å².